The van der Waals surface area contributed by atoms with E-state index < -0.39 is 11.9 Å². The summed E-state index contributed by atoms with van der Waals surface area (Å²) < 4.78 is 4.84. The Labute approximate surface area is 183 Å². The van der Waals surface area contributed by atoms with Gasteiger partial charge < -0.3 is 19.9 Å². The predicted octanol–water partition coefficient (Wildman–Crippen LogP) is 4.84. The first-order chi connectivity index (χ1) is 15.4. The lowest BCUT2D eigenvalue weighted by Gasteiger charge is -2.09. The predicted molar refractivity (Wildman–Crippen MR) is 121 cm³/mol. The van der Waals surface area contributed by atoms with E-state index in [1.165, 1.54) is 19.2 Å². The lowest BCUT2D eigenvalue weighted by molar-refractivity contribution is 0.0599. The monoisotopic (exact) mass is 428 g/mol. The molecule has 0 amide bonds. The molecule has 0 fully saturated rings. The molecule has 4 rings (SSSR count). The van der Waals surface area contributed by atoms with Gasteiger partial charge in [-0.2, -0.15) is 0 Å². The number of aromatic hydroxyl groups is 1. The van der Waals surface area contributed by atoms with Gasteiger partial charge in [0.2, 0.25) is 0 Å². The quantitative estimate of drug-likeness (QED) is 0.311. The standard InChI is InChI=1S/C25H20N2O5/c1-14-12-19-20(13-18(14)25(31)32-2)27-23(28)21(19)22(15-6-4-3-5-7-15)26-17-10-8-16(9-11-17)24(29)30/h3-13,27-28H,1-2H3,(H,29,30). The van der Waals surface area contributed by atoms with E-state index in [4.69, 9.17) is 14.8 Å². The summed E-state index contributed by atoms with van der Waals surface area (Å²) in [6, 6.07) is 19.0. The van der Waals surface area contributed by atoms with Crippen LogP contribution in [0, 0.1) is 6.92 Å². The highest BCUT2D eigenvalue weighted by Gasteiger charge is 2.21. The second-order valence-electron chi connectivity index (χ2n) is 7.23. The van der Waals surface area contributed by atoms with Gasteiger partial charge in [0.1, 0.15) is 0 Å². The largest absolute Gasteiger partial charge is 0.494 e. The van der Waals surface area contributed by atoms with Crippen molar-refractivity contribution in [2.45, 2.75) is 6.92 Å². The third kappa shape index (κ3) is 3.83. The van der Waals surface area contributed by atoms with Crippen LogP contribution in [0.15, 0.2) is 71.7 Å². The zero-order chi connectivity index (χ0) is 22.8. The minimum Gasteiger partial charge on any atom is -0.494 e. The Morgan fingerprint density at radius 3 is 2.28 bits per heavy atom. The van der Waals surface area contributed by atoms with Crippen molar-refractivity contribution in [2.24, 2.45) is 4.99 Å². The molecule has 3 N–H and O–H groups in total. The van der Waals surface area contributed by atoms with Crippen molar-refractivity contribution in [3.8, 4) is 5.88 Å². The number of aryl methyl sites for hydroxylation is 1. The van der Waals surface area contributed by atoms with E-state index >= 15 is 0 Å². The van der Waals surface area contributed by atoms with Crippen LogP contribution >= 0.6 is 0 Å². The fraction of sp³-hybridized carbons (Fsp3) is 0.0800. The molecular weight excluding hydrogens is 408 g/mol. The summed E-state index contributed by atoms with van der Waals surface area (Å²) in [5, 5.41) is 20.6. The Hall–Kier alpha value is -4.39. The summed E-state index contributed by atoms with van der Waals surface area (Å²) in [6.07, 6.45) is 0. The molecule has 0 aliphatic heterocycles. The molecule has 4 aromatic rings. The van der Waals surface area contributed by atoms with Crippen molar-refractivity contribution >= 4 is 34.2 Å². The highest BCUT2D eigenvalue weighted by Crippen LogP contribution is 2.33. The number of fused-ring (bicyclic) bond motifs is 1. The van der Waals surface area contributed by atoms with Crippen LogP contribution in [-0.4, -0.2) is 40.0 Å². The number of carboxylic acid groups (broad SMARTS) is 1. The van der Waals surface area contributed by atoms with Gasteiger partial charge in [0.25, 0.3) is 0 Å². The van der Waals surface area contributed by atoms with Crippen LogP contribution in [0.5, 0.6) is 5.88 Å². The van der Waals surface area contributed by atoms with Gasteiger partial charge in [-0.25, -0.2) is 14.6 Å². The first-order valence-electron chi connectivity index (χ1n) is 9.80. The third-order valence-electron chi connectivity index (χ3n) is 5.17. The minimum absolute atomic E-state index is 0.0915. The summed E-state index contributed by atoms with van der Waals surface area (Å²) in [5.74, 6) is -1.57. The highest BCUT2D eigenvalue weighted by atomic mass is 16.5. The van der Waals surface area contributed by atoms with Crippen LogP contribution in [-0.2, 0) is 4.74 Å². The van der Waals surface area contributed by atoms with Crippen LogP contribution in [0.2, 0.25) is 0 Å². The number of nitrogens with one attached hydrogen (secondary N) is 1. The topological polar surface area (TPSA) is 112 Å². The molecule has 0 unspecified atom stereocenters. The minimum atomic E-state index is -1.02. The number of aliphatic imine (C=N–C) groups is 1. The van der Waals surface area contributed by atoms with Crippen molar-refractivity contribution in [1.29, 1.82) is 0 Å². The molecule has 0 saturated carbocycles. The Bertz CT molecular complexity index is 1350. The van der Waals surface area contributed by atoms with Gasteiger partial charge in [0.15, 0.2) is 5.88 Å². The number of rotatable bonds is 5. The maximum atomic E-state index is 12.1. The van der Waals surface area contributed by atoms with E-state index in [0.29, 0.717) is 39.0 Å². The number of aromatic amines is 1. The SMILES string of the molecule is COC(=O)c1cc2[nH]c(O)c(C(=Nc3ccc(C(=O)O)cc3)c3ccccc3)c2cc1C. The van der Waals surface area contributed by atoms with E-state index in [0.717, 1.165) is 5.56 Å². The van der Waals surface area contributed by atoms with Crippen LogP contribution in [0.25, 0.3) is 10.9 Å². The van der Waals surface area contributed by atoms with Gasteiger partial charge in [-0.1, -0.05) is 30.3 Å². The summed E-state index contributed by atoms with van der Waals surface area (Å²) in [6.45, 7) is 1.80. The van der Waals surface area contributed by atoms with Crippen molar-refractivity contribution in [1.82, 2.24) is 4.98 Å². The molecule has 0 radical (unpaired) electrons. The molecule has 7 nitrogen and oxygen atoms in total. The molecule has 1 aromatic heterocycles. The molecule has 7 heteroatoms. The number of nitrogens with zero attached hydrogens (tertiary/aromatic N) is 1. The second-order valence-corrected chi connectivity index (χ2v) is 7.23. The number of aromatic carboxylic acids is 1. The maximum Gasteiger partial charge on any atom is 0.338 e. The number of H-pyrrole nitrogens is 1. The normalized spacial score (nSPS) is 11.5. The van der Waals surface area contributed by atoms with Gasteiger partial charge in [-0.05, 0) is 48.9 Å². The number of ether oxygens (including phenoxy) is 1. The Morgan fingerprint density at radius 1 is 0.969 bits per heavy atom. The number of hydrogen-bond acceptors (Lipinski definition) is 5. The number of carbonyl (C=O) groups excluding carboxylic acids is 1. The first-order valence-corrected chi connectivity index (χ1v) is 9.80. The fourth-order valence-corrected chi connectivity index (χ4v) is 3.57. The number of methoxy groups -OCH3 is 1. The second kappa shape index (κ2) is 8.39. The third-order valence-corrected chi connectivity index (χ3v) is 5.17. The number of carbonyl (C=O) groups is 2. The molecule has 0 bridgehead atoms. The molecule has 32 heavy (non-hydrogen) atoms. The van der Waals surface area contributed by atoms with Gasteiger partial charge in [0.05, 0.1) is 35.2 Å². The van der Waals surface area contributed by atoms with E-state index in [9.17, 15) is 14.7 Å². The zero-order valence-electron chi connectivity index (χ0n) is 17.4. The molecule has 160 valence electrons. The van der Waals surface area contributed by atoms with E-state index in [-0.39, 0.29) is 11.4 Å². The Morgan fingerprint density at radius 2 is 1.66 bits per heavy atom. The molecule has 1 heterocycles. The molecule has 0 aliphatic carbocycles. The Kier molecular flexibility index (Phi) is 5.47. The number of esters is 1. The average molecular weight is 428 g/mol. The average Bonchev–Trinajstić information content (AvgIpc) is 3.11. The van der Waals surface area contributed by atoms with Gasteiger partial charge >= 0.3 is 11.9 Å². The summed E-state index contributed by atoms with van der Waals surface area (Å²) >= 11 is 0. The van der Waals surface area contributed by atoms with E-state index in [1.807, 2.05) is 30.3 Å². The van der Waals surface area contributed by atoms with Crippen molar-refractivity contribution in [3.63, 3.8) is 0 Å². The molecule has 3 aromatic carbocycles. The molecule has 0 saturated heterocycles. The molecular formula is C25H20N2O5. The number of hydrogen-bond donors (Lipinski definition) is 3. The van der Waals surface area contributed by atoms with Crippen LogP contribution in [0.4, 0.5) is 5.69 Å². The van der Waals surface area contributed by atoms with Crippen molar-refractivity contribution in [2.75, 3.05) is 7.11 Å². The lowest BCUT2D eigenvalue weighted by Crippen LogP contribution is -2.05. The summed E-state index contributed by atoms with van der Waals surface area (Å²) in [4.78, 5) is 30.9. The fourth-order valence-electron chi connectivity index (χ4n) is 3.57. The molecule has 0 aliphatic rings. The molecule has 0 atom stereocenters. The van der Waals surface area contributed by atoms with Gasteiger partial charge in [-0.3, -0.25) is 0 Å². The maximum absolute atomic E-state index is 12.1. The first kappa shape index (κ1) is 20.9. The highest BCUT2D eigenvalue weighted by molar-refractivity contribution is 6.22. The van der Waals surface area contributed by atoms with Gasteiger partial charge in [0, 0.05) is 16.5 Å². The van der Waals surface area contributed by atoms with Crippen molar-refractivity contribution < 1.29 is 24.5 Å². The lowest BCUT2D eigenvalue weighted by atomic mass is 9.98. The van der Waals surface area contributed by atoms with Crippen LogP contribution in [0.1, 0.15) is 37.4 Å². The van der Waals surface area contributed by atoms with Crippen LogP contribution in [0.3, 0.4) is 0 Å². The van der Waals surface area contributed by atoms with Crippen LogP contribution < -0.4 is 0 Å². The number of benzene rings is 3. The summed E-state index contributed by atoms with van der Waals surface area (Å²) in [7, 11) is 1.32. The number of aromatic nitrogens is 1. The van der Waals surface area contributed by atoms with E-state index in [1.54, 1.807) is 31.2 Å². The zero-order valence-corrected chi connectivity index (χ0v) is 17.4. The smallest absolute Gasteiger partial charge is 0.338 e. The molecule has 0 spiro atoms. The number of carboxylic acids is 1. The van der Waals surface area contributed by atoms with Gasteiger partial charge in [-0.15, -0.1) is 0 Å². The Balaban J connectivity index is 1.94. The summed E-state index contributed by atoms with van der Waals surface area (Å²) in [5.41, 5.74) is 4.10. The van der Waals surface area contributed by atoms with E-state index in [2.05, 4.69) is 4.98 Å². The van der Waals surface area contributed by atoms with Crippen molar-refractivity contribution in [3.05, 3.63) is 94.5 Å².